The van der Waals surface area contributed by atoms with Crippen molar-refractivity contribution < 1.29 is 17.6 Å². The largest absolute Gasteiger partial charge is 0.366 e. The zero-order valence-electron chi connectivity index (χ0n) is 14.9. The molecule has 0 aliphatic carbocycles. The Morgan fingerprint density at radius 2 is 1.62 bits per heavy atom. The number of halogens is 1. The minimum absolute atomic E-state index is 0.0124. The van der Waals surface area contributed by atoms with Gasteiger partial charge in [-0.15, -0.1) is 0 Å². The van der Waals surface area contributed by atoms with Crippen LogP contribution in [0.3, 0.4) is 0 Å². The van der Waals surface area contributed by atoms with Gasteiger partial charge in [-0.3, -0.25) is 4.79 Å². The lowest BCUT2D eigenvalue weighted by atomic mass is 10.2. The molecular weight excluding hydrogens is 357 g/mol. The minimum atomic E-state index is -3.35. The van der Waals surface area contributed by atoms with Crippen molar-refractivity contribution in [3.8, 4) is 0 Å². The molecule has 0 aromatic heterocycles. The summed E-state index contributed by atoms with van der Waals surface area (Å²) >= 11 is 0. The third-order valence-electron chi connectivity index (χ3n) is 5.11. The van der Waals surface area contributed by atoms with Gasteiger partial charge in [-0.2, -0.15) is 0 Å². The third-order valence-corrected chi connectivity index (χ3v) is 6.98. The number of para-hydroxylation sites is 1. The SMILES string of the molecule is O=C(CCS(=O)(=O)N1CCCCC1)N1CCN(c2ccccc2F)CC1. The van der Waals surface area contributed by atoms with E-state index < -0.39 is 10.0 Å². The molecule has 2 fully saturated rings. The maximum Gasteiger partial charge on any atom is 0.223 e. The van der Waals surface area contributed by atoms with Crippen molar-refractivity contribution in [1.29, 1.82) is 0 Å². The van der Waals surface area contributed by atoms with Crippen LogP contribution in [-0.2, 0) is 14.8 Å². The number of rotatable bonds is 5. The Morgan fingerprint density at radius 1 is 0.962 bits per heavy atom. The van der Waals surface area contributed by atoms with Crippen LogP contribution >= 0.6 is 0 Å². The lowest BCUT2D eigenvalue weighted by Gasteiger charge is -2.36. The number of anilines is 1. The molecule has 0 saturated carbocycles. The second kappa shape index (κ2) is 8.35. The lowest BCUT2D eigenvalue weighted by Crippen LogP contribution is -2.49. The van der Waals surface area contributed by atoms with Crippen LogP contribution in [0.1, 0.15) is 25.7 Å². The van der Waals surface area contributed by atoms with Gasteiger partial charge in [-0.05, 0) is 25.0 Å². The lowest BCUT2D eigenvalue weighted by molar-refractivity contribution is -0.131. The number of piperidine rings is 1. The Labute approximate surface area is 154 Å². The summed E-state index contributed by atoms with van der Waals surface area (Å²) in [5, 5.41) is 0. The van der Waals surface area contributed by atoms with Gasteiger partial charge in [-0.25, -0.2) is 17.1 Å². The molecule has 26 heavy (non-hydrogen) atoms. The predicted octanol–water partition coefficient (Wildman–Crippen LogP) is 1.68. The zero-order valence-corrected chi connectivity index (χ0v) is 15.8. The molecule has 0 N–H and O–H groups in total. The molecule has 0 bridgehead atoms. The molecule has 0 atom stereocenters. The van der Waals surface area contributed by atoms with Crippen molar-refractivity contribution in [2.75, 3.05) is 49.9 Å². The number of hydrogen-bond acceptors (Lipinski definition) is 4. The first-order chi connectivity index (χ1) is 12.5. The topological polar surface area (TPSA) is 60.9 Å². The monoisotopic (exact) mass is 383 g/mol. The summed E-state index contributed by atoms with van der Waals surface area (Å²) in [4.78, 5) is 16.0. The van der Waals surface area contributed by atoms with Gasteiger partial charge in [0.15, 0.2) is 0 Å². The molecule has 1 aromatic carbocycles. The van der Waals surface area contributed by atoms with Crippen LogP contribution in [-0.4, -0.2) is 68.6 Å². The van der Waals surface area contributed by atoms with E-state index >= 15 is 0 Å². The first-order valence-electron chi connectivity index (χ1n) is 9.22. The van der Waals surface area contributed by atoms with Gasteiger partial charge in [0, 0.05) is 45.7 Å². The number of nitrogens with zero attached hydrogens (tertiary/aromatic N) is 3. The van der Waals surface area contributed by atoms with Crippen LogP contribution in [0.5, 0.6) is 0 Å². The van der Waals surface area contributed by atoms with Crippen molar-refractivity contribution >= 4 is 21.6 Å². The van der Waals surface area contributed by atoms with Crippen LogP contribution in [0.2, 0.25) is 0 Å². The van der Waals surface area contributed by atoms with Crippen molar-refractivity contribution in [2.45, 2.75) is 25.7 Å². The van der Waals surface area contributed by atoms with Crippen LogP contribution in [0.4, 0.5) is 10.1 Å². The first-order valence-corrected chi connectivity index (χ1v) is 10.8. The van der Waals surface area contributed by atoms with E-state index in [4.69, 9.17) is 0 Å². The van der Waals surface area contributed by atoms with E-state index in [2.05, 4.69) is 0 Å². The number of carbonyl (C=O) groups excluding carboxylic acids is 1. The standard InChI is InChI=1S/C18H26FN3O3S/c19-16-6-2-3-7-17(16)20-11-13-21(14-12-20)18(23)8-15-26(24,25)22-9-4-1-5-10-22/h2-3,6-7H,1,4-5,8-15H2. The number of hydrogen-bond donors (Lipinski definition) is 0. The number of carbonyl (C=O) groups is 1. The van der Waals surface area contributed by atoms with E-state index in [9.17, 15) is 17.6 Å². The van der Waals surface area contributed by atoms with E-state index in [-0.39, 0.29) is 23.9 Å². The van der Waals surface area contributed by atoms with Crippen molar-refractivity contribution in [2.24, 2.45) is 0 Å². The van der Waals surface area contributed by atoms with E-state index in [1.165, 1.54) is 10.4 Å². The highest BCUT2D eigenvalue weighted by atomic mass is 32.2. The predicted molar refractivity (Wildman–Crippen MR) is 99.0 cm³/mol. The first kappa shape index (κ1) is 19.1. The highest BCUT2D eigenvalue weighted by Gasteiger charge is 2.27. The van der Waals surface area contributed by atoms with Crippen LogP contribution in [0, 0.1) is 5.82 Å². The second-order valence-electron chi connectivity index (χ2n) is 6.84. The molecule has 2 heterocycles. The Morgan fingerprint density at radius 3 is 2.27 bits per heavy atom. The number of amides is 1. The fraction of sp³-hybridized carbons (Fsp3) is 0.611. The Balaban J connectivity index is 1.48. The molecule has 0 unspecified atom stereocenters. The average molecular weight is 383 g/mol. The molecule has 2 aliphatic rings. The zero-order chi connectivity index (χ0) is 18.6. The van der Waals surface area contributed by atoms with Gasteiger partial charge in [-0.1, -0.05) is 18.6 Å². The summed E-state index contributed by atoms with van der Waals surface area (Å²) < 4.78 is 40.1. The fourth-order valence-electron chi connectivity index (χ4n) is 3.55. The van der Waals surface area contributed by atoms with E-state index in [1.54, 1.807) is 23.1 Å². The third kappa shape index (κ3) is 4.54. The molecule has 144 valence electrons. The maximum atomic E-state index is 13.9. The van der Waals surface area contributed by atoms with Crippen LogP contribution in [0.15, 0.2) is 24.3 Å². The summed E-state index contributed by atoms with van der Waals surface area (Å²) in [5.41, 5.74) is 0.548. The van der Waals surface area contributed by atoms with E-state index in [0.717, 1.165) is 19.3 Å². The number of sulfonamides is 1. The van der Waals surface area contributed by atoms with Gasteiger partial charge < -0.3 is 9.80 Å². The molecule has 0 radical (unpaired) electrons. The summed E-state index contributed by atoms with van der Waals surface area (Å²) in [7, 11) is -3.35. The molecule has 6 nitrogen and oxygen atoms in total. The molecule has 2 aliphatic heterocycles. The molecule has 3 rings (SSSR count). The molecule has 1 aromatic rings. The summed E-state index contributed by atoms with van der Waals surface area (Å²) in [5.74, 6) is -0.530. The molecule has 2 saturated heterocycles. The highest BCUT2D eigenvalue weighted by molar-refractivity contribution is 7.89. The van der Waals surface area contributed by atoms with Crippen LogP contribution in [0.25, 0.3) is 0 Å². The number of piperazine rings is 1. The van der Waals surface area contributed by atoms with E-state index in [0.29, 0.717) is 45.0 Å². The average Bonchev–Trinajstić information content (AvgIpc) is 2.67. The second-order valence-corrected chi connectivity index (χ2v) is 8.93. The smallest absolute Gasteiger partial charge is 0.223 e. The molecule has 1 amide bonds. The highest BCUT2D eigenvalue weighted by Crippen LogP contribution is 2.20. The summed E-state index contributed by atoms with van der Waals surface area (Å²) in [6.07, 6.45) is 2.87. The fourth-order valence-corrected chi connectivity index (χ4v) is 5.06. The van der Waals surface area contributed by atoms with Gasteiger partial charge >= 0.3 is 0 Å². The van der Waals surface area contributed by atoms with Crippen molar-refractivity contribution in [3.05, 3.63) is 30.1 Å². The van der Waals surface area contributed by atoms with Gasteiger partial charge in [0.1, 0.15) is 5.82 Å². The maximum absolute atomic E-state index is 13.9. The van der Waals surface area contributed by atoms with Crippen LogP contribution < -0.4 is 4.90 Å². The van der Waals surface area contributed by atoms with Gasteiger partial charge in [0.2, 0.25) is 15.9 Å². The van der Waals surface area contributed by atoms with Gasteiger partial charge in [0.05, 0.1) is 11.4 Å². The Kier molecular flexibility index (Phi) is 6.13. The summed E-state index contributed by atoms with van der Waals surface area (Å²) in [6, 6.07) is 6.61. The van der Waals surface area contributed by atoms with Crippen molar-refractivity contribution in [3.63, 3.8) is 0 Å². The molecular formula is C18H26FN3O3S. The van der Waals surface area contributed by atoms with E-state index in [1.807, 2.05) is 4.90 Å². The van der Waals surface area contributed by atoms with Crippen molar-refractivity contribution in [1.82, 2.24) is 9.21 Å². The summed E-state index contributed by atoms with van der Waals surface area (Å²) in [6.45, 7) is 3.20. The Hall–Kier alpha value is -1.67. The van der Waals surface area contributed by atoms with Gasteiger partial charge in [0.25, 0.3) is 0 Å². The molecule has 8 heteroatoms. The minimum Gasteiger partial charge on any atom is -0.366 e. The Bertz CT molecular complexity index is 727. The quantitative estimate of drug-likeness (QED) is 0.776. The molecule has 0 spiro atoms. The normalized spacial score (nSPS) is 19.6. The number of benzene rings is 1.